The van der Waals surface area contributed by atoms with Gasteiger partial charge < -0.3 is 5.32 Å². The maximum absolute atomic E-state index is 14.5. The summed E-state index contributed by atoms with van der Waals surface area (Å²) in [6, 6.07) is 17.8. The highest BCUT2D eigenvalue weighted by molar-refractivity contribution is 5.78. The van der Waals surface area contributed by atoms with Crippen molar-refractivity contribution >= 4 is 16.9 Å². The third kappa shape index (κ3) is 7.75. The van der Waals surface area contributed by atoms with Gasteiger partial charge in [-0.2, -0.15) is 0 Å². The molecule has 1 saturated carbocycles. The van der Waals surface area contributed by atoms with E-state index in [2.05, 4.69) is 63.1 Å². The van der Waals surface area contributed by atoms with Crippen LogP contribution in [0.3, 0.4) is 0 Å². The van der Waals surface area contributed by atoms with Gasteiger partial charge in [-0.1, -0.05) is 43.3 Å². The van der Waals surface area contributed by atoms with Crippen LogP contribution in [0.5, 0.6) is 0 Å². The van der Waals surface area contributed by atoms with Gasteiger partial charge in [-0.3, -0.25) is 28.9 Å². The van der Waals surface area contributed by atoms with E-state index in [1.165, 1.54) is 20.8 Å². The zero-order valence-electron chi connectivity index (χ0n) is 29.8. The Morgan fingerprint density at radius 1 is 0.960 bits per heavy atom. The summed E-state index contributed by atoms with van der Waals surface area (Å²) in [7, 11) is 0. The molecular weight excluding hydrogens is 633 g/mol. The van der Waals surface area contributed by atoms with Crippen molar-refractivity contribution in [2.24, 2.45) is 0 Å². The summed E-state index contributed by atoms with van der Waals surface area (Å²) in [5.74, 6) is -0.636. The lowest BCUT2D eigenvalue weighted by molar-refractivity contribution is -0.122. The van der Waals surface area contributed by atoms with Gasteiger partial charge in [0, 0.05) is 57.4 Å². The summed E-state index contributed by atoms with van der Waals surface area (Å²) in [4.78, 5) is 51.9. The van der Waals surface area contributed by atoms with Crippen molar-refractivity contribution in [2.45, 2.75) is 78.0 Å². The monoisotopic (exact) mass is 683 g/mol. The molecule has 2 aromatic heterocycles. The topological polar surface area (TPSA) is 95.7 Å². The van der Waals surface area contributed by atoms with E-state index >= 15 is 0 Å². The Labute approximate surface area is 293 Å². The van der Waals surface area contributed by atoms with Crippen LogP contribution in [-0.2, 0) is 11.3 Å². The summed E-state index contributed by atoms with van der Waals surface area (Å²) in [5, 5.41) is 2.94. The standard InChI is InChI=1S/C39H50FN7O3/c1-5-41-36(48)26-44(6-2)32-14-16-33(17-15-32)47-38(49)35-23-31(40)24-42-37(35)46(39(47)50)34-9-7-8-30(22-34)29-12-10-28(11-13-29)25-43-18-20-45(21-19-43)27(3)4/h7-13,22-24,27,32-33H,5-6,14-21,25-26H2,1-4H3,(H,41,48). The largest absolute Gasteiger partial charge is 0.355 e. The fourth-order valence-electron chi connectivity index (χ4n) is 7.68. The molecule has 1 N–H and O–H groups in total. The van der Waals surface area contributed by atoms with Crippen molar-refractivity contribution in [3.63, 3.8) is 0 Å². The van der Waals surface area contributed by atoms with E-state index in [9.17, 15) is 18.8 Å². The molecule has 0 atom stereocenters. The van der Waals surface area contributed by atoms with Gasteiger partial charge in [-0.25, -0.2) is 18.7 Å². The molecule has 1 aliphatic heterocycles. The summed E-state index contributed by atoms with van der Waals surface area (Å²) in [5.41, 5.74) is 2.88. The summed E-state index contributed by atoms with van der Waals surface area (Å²) in [6.45, 7) is 15.3. The molecule has 11 heteroatoms. The highest BCUT2D eigenvalue weighted by Gasteiger charge is 2.30. The summed E-state index contributed by atoms with van der Waals surface area (Å²) >= 11 is 0. The Kier molecular flexibility index (Phi) is 11.2. The molecule has 1 amide bonds. The number of nitrogens with zero attached hydrogens (tertiary/aromatic N) is 6. The van der Waals surface area contributed by atoms with Gasteiger partial charge in [-0.05, 0) is 87.9 Å². The van der Waals surface area contributed by atoms with E-state index in [-0.39, 0.29) is 29.0 Å². The first-order valence-corrected chi connectivity index (χ1v) is 18.2. The van der Waals surface area contributed by atoms with Crippen LogP contribution >= 0.6 is 0 Å². The first kappa shape index (κ1) is 35.6. The molecule has 0 unspecified atom stereocenters. The fourth-order valence-corrected chi connectivity index (χ4v) is 7.68. The van der Waals surface area contributed by atoms with Crippen molar-refractivity contribution in [3.8, 4) is 16.8 Å². The van der Waals surface area contributed by atoms with Crippen molar-refractivity contribution in [1.29, 1.82) is 0 Å². The maximum Gasteiger partial charge on any atom is 0.337 e. The molecule has 6 rings (SSSR count). The number of piperazine rings is 1. The number of aromatic nitrogens is 3. The average Bonchev–Trinajstić information content (AvgIpc) is 3.12. The third-order valence-corrected chi connectivity index (χ3v) is 10.5. The molecule has 1 saturated heterocycles. The molecule has 0 bridgehead atoms. The second kappa shape index (κ2) is 15.8. The SMILES string of the molecule is CCNC(=O)CN(CC)C1CCC(n2c(=O)c3cc(F)cnc3n(-c3cccc(-c4ccc(CN5CCN(C(C)C)CC5)cc4)c3)c2=O)CC1. The zero-order chi connectivity index (χ0) is 35.4. The highest BCUT2D eigenvalue weighted by atomic mass is 19.1. The Hall–Kier alpha value is -4.19. The molecule has 50 heavy (non-hydrogen) atoms. The average molecular weight is 684 g/mol. The molecule has 1 aliphatic carbocycles. The highest BCUT2D eigenvalue weighted by Crippen LogP contribution is 2.30. The number of pyridine rings is 1. The number of halogens is 1. The van der Waals surface area contributed by atoms with Gasteiger partial charge in [-0.15, -0.1) is 0 Å². The first-order chi connectivity index (χ1) is 24.2. The van der Waals surface area contributed by atoms with Crippen molar-refractivity contribution in [1.82, 2.24) is 34.1 Å². The number of fused-ring (bicyclic) bond motifs is 1. The lowest BCUT2D eigenvalue weighted by atomic mass is 9.89. The molecule has 2 fully saturated rings. The van der Waals surface area contributed by atoms with Crippen LogP contribution in [0.15, 0.2) is 70.4 Å². The van der Waals surface area contributed by atoms with Gasteiger partial charge in [0.1, 0.15) is 5.82 Å². The number of hydrogen-bond donors (Lipinski definition) is 1. The number of hydrogen-bond acceptors (Lipinski definition) is 7. The van der Waals surface area contributed by atoms with E-state index in [0.29, 0.717) is 37.7 Å². The van der Waals surface area contributed by atoms with E-state index in [1.54, 1.807) is 0 Å². The van der Waals surface area contributed by atoms with Crippen LogP contribution < -0.4 is 16.6 Å². The predicted molar refractivity (Wildman–Crippen MR) is 196 cm³/mol. The quantitative estimate of drug-likeness (QED) is 0.242. The second-order valence-corrected chi connectivity index (χ2v) is 13.9. The number of amides is 1. The number of rotatable bonds is 11. The molecule has 0 radical (unpaired) electrons. The van der Waals surface area contributed by atoms with E-state index in [4.69, 9.17) is 0 Å². The van der Waals surface area contributed by atoms with Gasteiger partial charge in [0.15, 0.2) is 5.65 Å². The van der Waals surface area contributed by atoms with Crippen LogP contribution in [0.4, 0.5) is 4.39 Å². The van der Waals surface area contributed by atoms with Crippen molar-refractivity contribution < 1.29 is 9.18 Å². The molecule has 3 heterocycles. The number of nitrogens with one attached hydrogen (secondary N) is 1. The van der Waals surface area contributed by atoms with Gasteiger partial charge >= 0.3 is 5.69 Å². The minimum atomic E-state index is -0.630. The predicted octanol–water partition coefficient (Wildman–Crippen LogP) is 4.82. The van der Waals surface area contributed by atoms with Gasteiger partial charge in [0.05, 0.1) is 23.8 Å². The Morgan fingerprint density at radius 2 is 1.68 bits per heavy atom. The van der Waals surface area contributed by atoms with Gasteiger partial charge in [0.2, 0.25) is 5.91 Å². The molecule has 4 aromatic rings. The lowest BCUT2D eigenvalue weighted by Crippen LogP contribution is -2.48. The number of carbonyl (C=O) groups is 1. The minimum absolute atomic E-state index is 0.00595. The van der Waals surface area contributed by atoms with Gasteiger partial charge in [0.25, 0.3) is 5.56 Å². The van der Waals surface area contributed by atoms with Crippen LogP contribution in [0, 0.1) is 5.82 Å². The van der Waals surface area contributed by atoms with Crippen molar-refractivity contribution in [3.05, 3.63) is 93.0 Å². The number of carbonyl (C=O) groups excluding carboxylic acids is 1. The van der Waals surface area contributed by atoms with Crippen LogP contribution in [-0.4, -0.2) is 92.6 Å². The van der Waals surface area contributed by atoms with E-state index < -0.39 is 17.1 Å². The Balaban J connectivity index is 1.26. The van der Waals surface area contributed by atoms with E-state index in [0.717, 1.165) is 69.4 Å². The fraction of sp³-hybridized carbons (Fsp3) is 0.487. The number of likely N-dealkylation sites (N-methyl/N-ethyl adjacent to an activating group) is 2. The first-order valence-electron chi connectivity index (χ1n) is 18.2. The van der Waals surface area contributed by atoms with Crippen LogP contribution in [0.2, 0.25) is 0 Å². The molecule has 10 nitrogen and oxygen atoms in total. The molecule has 2 aromatic carbocycles. The lowest BCUT2D eigenvalue weighted by Gasteiger charge is -2.36. The van der Waals surface area contributed by atoms with E-state index in [1.807, 2.05) is 38.1 Å². The summed E-state index contributed by atoms with van der Waals surface area (Å²) < 4.78 is 17.3. The zero-order valence-corrected chi connectivity index (χ0v) is 29.8. The Morgan fingerprint density at radius 3 is 2.34 bits per heavy atom. The molecule has 266 valence electrons. The molecule has 2 aliphatic rings. The molecular formula is C39H50FN7O3. The normalized spacial score (nSPS) is 19.0. The Bertz CT molecular complexity index is 1910. The minimum Gasteiger partial charge on any atom is -0.355 e. The maximum atomic E-state index is 14.5. The van der Waals surface area contributed by atoms with Crippen LogP contribution in [0.1, 0.15) is 65.0 Å². The third-order valence-electron chi connectivity index (χ3n) is 10.5. The summed E-state index contributed by atoms with van der Waals surface area (Å²) in [6.07, 6.45) is 3.72. The number of benzene rings is 2. The smallest absolute Gasteiger partial charge is 0.337 e. The molecule has 0 spiro atoms. The van der Waals surface area contributed by atoms with Crippen LogP contribution in [0.25, 0.3) is 27.8 Å². The van der Waals surface area contributed by atoms with Crippen molar-refractivity contribution in [2.75, 3.05) is 45.8 Å². The second-order valence-electron chi connectivity index (χ2n) is 13.9.